The van der Waals surface area contributed by atoms with Gasteiger partial charge in [-0.2, -0.15) is 0 Å². The molecule has 0 amide bonds. The van der Waals surface area contributed by atoms with Crippen LogP contribution < -0.4 is 4.74 Å². The van der Waals surface area contributed by atoms with Crippen molar-refractivity contribution in [3.05, 3.63) is 29.8 Å². The van der Waals surface area contributed by atoms with Crippen LogP contribution in [0.1, 0.15) is 77.7 Å². The molecule has 0 N–H and O–H groups in total. The zero-order valence-electron chi connectivity index (χ0n) is 19.5. The van der Waals surface area contributed by atoms with E-state index in [1.54, 1.807) is 0 Å². The lowest BCUT2D eigenvalue weighted by molar-refractivity contribution is 0.0202. The summed E-state index contributed by atoms with van der Waals surface area (Å²) in [5, 5.41) is 0. The molecular weight excluding hydrogens is 396 g/mol. The van der Waals surface area contributed by atoms with Gasteiger partial charge in [-0.1, -0.05) is 19.1 Å². The third kappa shape index (κ3) is 8.31. The van der Waals surface area contributed by atoms with Gasteiger partial charge >= 0.3 is 8.80 Å². The Morgan fingerprint density at radius 3 is 1.93 bits per heavy atom. The second-order valence-corrected chi connectivity index (χ2v) is 10.6. The molecule has 5 nitrogen and oxygen atoms in total. The fourth-order valence-electron chi connectivity index (χ4n) is 4.16. The summed E-state index contributed by atoms with van der Waals surface area (Å²) in [4.78, 5) is 0. The number of hydrogen-bond donors (Lipinski definition) is 0. The van der Waals surface area contributed by atoms with Crippen molar-refractivity contribution in [2.45, 2.75) is 84.3 Å². The van der Waals surface area contributed by atoms with Crippen molar-refractivity contribution >= 4 is 8.80 Å². The molecule has 0 atom stereocenters. The minimum Gasteiger partial charge on any atom is -0.494 e. The van der Waals surface area contributed by atoms with Crippen molar-refractivity contribution in [3.8, 4) is 5.75 Å². The van der Waals surface area contributed by atoms with Gasteiger partial charge in [-0.25, -0.2) is 0 Å². The summed E-state index contributed by atoms with van der Waals surface area (Å²) in [7, 11) is -2.54. The van der Waals surface area contributed by atoms with Crippen LogP contribution in [0.5, 0.6) is 5.75 Å². The van der Waals surface area contributed by atoms with Crippen LogP contribution in [-0.2, 0) is 18.0 Å². The van der Waals surface area contributed by atoms with Gasteiger partial charge in [0.2, 0.25) is 0 Å². The Labute approximate surface area is 184 Å². The van der Waals surface area contributed by atoms with Crippen molar-refractivity contribution in [3.63, 3.8) is 0 Å². The Morgan fingerprint density at radius 2 is 1.40 bits per heavy atom. The average molecular weight is 439 g/mol. The van der Waals surface area contributed by atoms with Gasteiger partial charge < -0.3 is 22.8 Å². The van der Waals surface area contributed by atoms with Gasteiger partial charge in [-0.15, -0.1) is 0 Å². The summed E-state index contributed by atoms with van der Waals surface area (Å²) in [5.41, 5.74) is 1.43. The van der Waals surface area contributed by atoms with E-state index in [1.165, 1.54) is 18.4 Å². The zero-order chi connectivity index (χ0) is 21.7. The molecule has 0 heterocycles. The summed E-state index contributed by atoms with van der Waals surface area (Å²) in [6.07, 6.45) is 6.97. The van der Waals surface area contributed by atoms with Crippen molar-refractivity contribution in [1.29, 1.82) is 0 Å². The van der Waals surface area contributed by atoms with Crippen LogP contribution in [0.25, 0.3) is 0 Å². The second kappa shape index (κ2) is 14.2. The lowest BCUT2D eigenvalue weighted by atomic mass is 9.83. The molecule has 0 spiro atoms. The van der Waals surface area contributed by atoms with Crippen LogP contribution in [0, 0.1) is 0 Å². The summed E-state index contributed by atoms with van der Waals surface area (Å²) >= 11 is 0. The van der Waals surface area contributed by atoms with E-state index in [-0.39, 0.29) is 0 Å². The van der Waals surface area contributed by atoms with E-state index in [9.17, 15) is 0 Å². The smallest absolute Gasteiger partial charge is 0.494 e. The Bertz CT molecular complexity index is 540. The highest BCUT2D eigenvalue weighted by Crippen LogP contribution is 2.35. The Kier molecular flexibility index (Phi) is 12.0. The van der Waals surface area contributed by atoms with Crippen molar-refractivity contribution in [2.24, 2.45) is 0 Å². The van der Waals surface area contributed by atoms with Crippen LogP contribution in [-0.4, -0.2) is 47.9 Å². The summed E-state index contributed by atoms with van der Waals surface area (Å²) in [6.45, 7) is 11.5. The van der Waals surface area contributed by atoms with Gasteiger partial charge in [-0.3, -0.25) is 0 Å². The third-order valence-electron chi connectivity index (χ3n) is 5.57. The minimum absolute atomic E-state index is 0.371. The largest absolute Gasteiger partial charge is 0.501 e. The molecule has 1 aromatic rings. The molecular formula is C24H42O5Si. The second-order valence-electron chi connectivity index (χ2n) is 7.85. The fourth-order valence-corrected chi connectivity index (χ4v) is 6.74. The van der Waals surface area contributed by atoms with E-state index in [4.69, 9.17) is 22.8 Å². The molecule has 1 aliphatic carbocycles. The predicted octanol–water partition coefficient (Wildman–Crippen LogP) is 5.96. The van der Waals surface area contributed by atoms with Crippen molar-refractivity contribution in [2.75, 3.05) is 33.0 Å². The monoisotopic (exact) mass is 438 g/mol. The maximum atomic E-state index is 6.20. The SMILES string of the molecule is CCCOc1ccc(C2CCC(OCCC[Si](OCC)(OCC)OCC)CC2)cc1. The first kappa shape index (κ1) is 25.3. The van der Waals surface area contributed by atoms with Crippen LogP contribution in [0.3, 0.4) is 0 Å². The highest BCUT2D eigenvalue weighted by Gasteiger charge is 2.39. The molecule has 1 aliphatic rings. The first-order valence-electron chi connectivity index (χ1n) is 11.9. The quantitative estimate of drug-likeness (QED) is 0.250. The predicted molar refractivity (Wildman–Crippen MR) is 123 cm³/mol. The van der Waals surface area contributed by atoms with Gasteiger partial charge in [0.15, 0.2) is 0 Å². The molecule has 0 aromatic heterocycles. The molecule has 1 aromatic carbocycles. The normalized spacial score (nSPS) is 19.7. The van der Waals surface area contributed by atoms with Crippen LogP contribution in [0.15, 0.2) is 24.3 Å². The first-order valence-corrected chi connectivity index (χ1v) is 13.9. The molecule has 1 saturated carbocycles. The molecule has 2 rings (SSSR count). The molecule has 6 heteroatoms. The fraction of sp³-hybridized carbons (Fsp3) is 0.750. The van der Waals surface area contributed by atoms with E-state index < -0.39 is 8.80 Å². The number of hydrogen-bond acceptors (Lipinski definition) is 5. The van der Waals surface area contributed by atoms with E-state index in [0.717, 1.165) is 50.7 Å². The maximum absolute atomic E-state index is 6.20. The molecule has 1 fully saturated rings. The topological polar surface area (TPSA) is 46.2 Å². The van der Waals surface area contributed by atoms with Gasteiger partial charge in [-0.05, 0) is 82.9 Å². The standard InChI is InChI=1S/C24H42O5Si/c1-5-18-25-23-14-10-21(11-15-23)22-12-16-24(17-13-22)26-19-9-20-30(27-6-2,28-7-3)29-8-4/h10-11,14-15,22,24H,5-9,12-13,16-20H2,1-4H3. The Balaban J connectivity index is 1.70. The summed E-state index contributed by atoms with van der Waals surface area (Å²) in [5.74, 6) is 1.61. The molecule has 0 saturated heterocycles. The average Bonchev–Trinajstić information content (AvgIpc) is 2.77. The molecule has 172 valence electrons. The molecule has 0 aliphatic heterocycles. The molecule has 0 radical (unpaired) electrons. The van der Waals surface area contributed by atoms with Gasteiger partial charge in [0, 0.05) is 32.5 Å². The maximum Gasteiger partial charge on any atom is 0.501 e. The van der Waals surface area contributed by atoms with Crippen LogP contribution >= 0.6 is 0 Å². The number of benzene rings is 1. The lowest BCUT2D eigenvalue weighted by Crippen LogP contribution is -2.46. The zero-order valence-corrected chi connectivity index (χ0v) is 20.5. The number of ether oxygens (including phenoxy) is 2. The summed E-state index contributed by atoms with van der Waals surface area (Å²) in [6, 6.07) is 9.51. The van der Waals surface area contributed by atoms with E-state index in [2.05, 4.69) is 31.2 Å². The van der Waals surface area contributed by atoms with Gasteiger partial charge in [0.1, 0.15) is 5.75 Å². The van der Waals surface area contributed by atoms with Gasteiger partial charge in [0.05, 0.1) is 12.7 Å². The van der Waals surface area contributed by atoms with E-state index in [0.29, 0.717) is 31.8 Å². The van der Waals surface area contributed by atoms with Crippen LogP contribution in [0.4, 0.5) is 0 Å². The Hall–Kier alpha value is -0.923. The molecule has 0 unspecified atom stereocenters. The number of rotatable bonds is 15. The minimum atomic E-state index is -2.54. The summed E-state index contributed by atoms with van der Waals surface area (Å²) < 4.78 is 29.7. The highest BCUT2D eigenvalue weighted by molar-refractivity contribution is 6.60. The lowest BCUT2D eigenvalue weighted by Gasteiger charge is -2.30. The van der Waals surface area contributed by atoms with Crippen molar-refractivity contribution in [1.82, 2.24) is 0 Å². The van der Waals surface area contributed by atoms with E-state index >= 15 is 0 Å². The van der Waals surface area contributed by atoms with Crippen LogP contribution in [0.2, 0.25) is 6.04 Å². The first-order chi connectivity index (χ1) is 14.7. The van der Waals surface area contributed by atoms with E-state index in [1.807, 2.05) is 20.8 Å². The Morgan fingerprint density at radius 1 is 0.800 bits per heavy atom. The highest BCUT2D eigenvalue weighted by atomic mass is 28.4. The molecule has 0 bridgehead atoms. The third-order valence-corrected chi connectivity index (χ3v) is 8.72. The van der Waals surface area contributed by atoms with Gasteiger partial charge in [0.25, 0.3) is 0 Å². The molecule has 30 heavy (non-hydrogen) atoms. The van der Waals surface area contributed by atoms with Crippen molar-refractivity contribution < 1.29 is 22.8 Å².